The van der Waals surface area contributed by atoms with Gasteiger partial charge in [0, 0.05) is 24.7 Å². The summed E-state index contributed by atoms with van der Waals surface area (Å²) in [6, 6.07) is 18.4. The monoisotopic (exact) mass is 377 g/mol. The fourth-order valence-corrected chi connectivity index (χ4v) is 3.70. The van der Waals surface area contributed by atoms with Crippen LogP contribution in [0, 0.1) is 0 Å². The number of hydrogen-bond acceptors (Lipinski definition) is 3. The maximum absolute atomic E-state index is 9.55. The molecule has 5 nitrogen and oxygen atoms in total. The highest BCUT2D eigenvalue weighted by molar-refractivity contribution is 5.95. The Morgan fingerprint density at radius 3 is 1.93 bits per heavy atom. The number of nitrogens with one attached hydrogen (secondary N) is 1. The van der Waals surface area contributed by atoms with Gasteiger partial charge >= 0.3 is 11.9 Å². The molecule has 1 atom stereocenters. The molecule has 2 aliphatic rings. The van der Waals surface area contributed by atoms with E-state index in [2.05, 4.69) is 60.8 Å². The van der Waals surface area contributed by atoms with E-state index in [0.717, 1.165) is 19.4 Å². The van der Waals surface area contributed by atoms with Crippen molar-refractivity contribution in [2.24, 2.45) is 0 Å². The van der Waals surface area contributed by atoms with Gasteiger partial charge in [-0.3, -0.25) is 0 Å². The van der Waals surface area contributed by atoms with Crippen LogP contribution in [0.25, 0.3) is 11.1 Å². The van der Waals surface area contributed by atoms with Crippen molar-refractivity contribution >= 4 is 23.1 Å². The predicted molar refractivity (Wildman–Crippen MR) is 109 cm³/mol. The molecule has 28 heavy (non-hydrogen) atoms. The van der Waals surface area contributed by atoms with Crippen molar-refractivity contribution in [3.63, 3.8) is 0 Å². The molecule has 1 heterocycles. The molecule has 0 spiro atoms. The molecule has 0 radical (unpaired) electrons. The van der Waals surface area contributed by atoms with Crippen LogP contribution in [-0.2, 0) is 16.0 Å². The van der Waals surface area contributed by atoms with Crippen molar-refractivity contribution in [3.05, 3.63) is 82.9 Å². The summed E-state index contributed by atoms with van der Waals surface area (Å²) in [6.07, 6.45) is 3.29. The smallest absolute Gasteiger partial charge is 0.328 e. The molecule has 1 unspecified atom stereocenters. The van der Waals surface area contributed by atoms with Crippen LogP contribution in [0.1, 0.15) is 35.6 Å². The average molecular weight is 377 g/mol. The molecular weight excluding hydrogens is 354 g/mol. The third-order valence-electron chi connectivity index (χ3n) is 4.94. The molecule has 0 fully saturated rings. The maximum atomic E-state index is 9.55. The van der Waals surface area contributed by atoms with Crippen LogP contribution in [-0.4, -0.2) is 34.7 Å². The zero-order chi connectivity index (χ0) is 20.1. The van der Waals surface area contributed by atoms with Crippen molar-refractivity contribution in [1.82, 2.24) is 5.32 Å². The second-order valence-corrected chi connectivity index (χ2v) is 6.94. The van der Waals surface area contributed by atoms with Crippen LogP contribution in [0.4, 0.5) is 0 Å². The summed E-state index contributed by atoms with van der Waals surface area (Å²) in [4.78, 5) is 19.1. The van der Waals surface area contributed by atoms with Gasteiger partial charge < -0.3 is 15.5 Å². The molecular formula is C23H23NO4. The van der Waals surface area contributed by atoms with E-state index in [4.69, 9.17) is 10.2 Å². The van der Waals surface area contributed by atoms with Gasteiger partial charge in [-0.1, -0.05) is 48.5 Å². The Balaban J connectivity index is 0.000000242. The second-order valence-electron chi connectivity index (χ2n) is 6.94. The number of carboxylic acids is 2. The highest BCUT2D eigenvalue weighted by Gasteiger charge is 2.25. The van der Waals surface area contributed by atoms with Crippen molar-refractivity contribution in [1.29, 1.82) is 0 Å². The molecule has 0 amide bonds. The minimum Gasteiger partial charge on any atom is -0.478 e. The Bertz CT molecular complexity index is 943. The van der Waals surface area contributed by atoms with E-state index >= 15 is 0 Å². The quantitative estimate of drug-likeness (QED) is 0.696. The van der Waals surface area contributed by atoms with E-state index in [1.54, 1.807) is 5.57 Å². The number of rotatable bonds is 2. The number of benzene rings is 2. The van der Waals surface area contributed by atoms with Gasteiger partial charge in [-0.05, 0) is 53.2 Å². The van der Waals surface area contributed by atoms with Crippen LogP contribution in [0.15, 0.2) is 60.7 Å². The Morgan fingerprint density at radius 2 is 1.39 bits per heavy atom. The summed E-state index contributed by atoms with van der Waals surface area (Å²) in [5, 5.41) is 19.2. The highest BCUT2D eigenvalue weighted by atomic mass is 16.4. The van der Waals surface area contributed by atoms with Gasteiger partial charge in [0.2, 0.25) is 0 Å². The first-order chi connectivity index (χ1) is 13.5. The average Bonchev–Trinajstić information content (AvgIpc) is 2.81. The zero-order valence-corrected chi connectivity index (χ0v) is 15.7. The maximum Gasteiger partial charge on any atom is 0.328 e. The van der Waals surface area contributed by atoms with Crippen LogP contribution in [0.5, 0.6) is 0 Å². The lowest BCUT2D eigenvalue weighted by Crippen LogP contribution is -2.32. The first-order valence-corrected chi connectivity index (χ1v) is 9.21. The molecule has 0 aromatic heterocycles. The Labute approximate surface area is 164 Å². The predicted octanol–water partition coefficient (Wildman–Crippen LogP) is 3.60. The van der Waals surface area contributed by atoms with Crippen LogP contribution < -0.4 is 5.32 Å². The van der Waals surface area contributed by atoms with Crippen LogP contribution in [0.2, 0.25) is 0 Å². The van der Waals surface area contributed by atoms with E-state index in [1.165, 1.54) is 27.8 Å². The van der Waals surface area contributed by atoms with Crippen molar-refractivity contribution in [3.8, 4) is 0 Å². The standard InChI is InChI=1S/C19H19N.C4H4O4/c1-13-10-18-16-8-4-2-6-14(16)11-15-7-3-5-9-17(15)19(18)12-20-13;5-3(6)1-2-4(7)8/h2-9,13,20H,10-12H2,1H3;1-2H,(H,5,6)(H,7,8)/b;2-1-. The van der Waals surface area contributed by atoms with E-state index in [0.29, 0.717) is 18.2 Å². The number of carbonyl (C=O) groups is 2. The molecule has 144 valence electrons. The van der Waals surface area contributed by atoms with Gasteiger partial charge in [-0.15, -0.1) is 0 Å². The summed E-state index contributed by atoms with van der Waals surface area (Å²) >= 11 is 0. The SMILES string of the molecule is CC1CC2=C(CN1)c1ccccc1Cc1ccccc12.O=C(O)/C=C\C(=O)O. The third-order valence-corrected chi connectivity index (χ3v) is 4.94. The molecule has 1 aliphatic carbocycles. The molecule has 5 heteroatoms. The lowest BCUT2D eigenvalue weighted by atomic mass is 9.87. The van der Waals surface area contributed by atoms with E-state index in [-0.39, 0.29) is 0 Å². The van der Waals surface area contributed by atoms with E-state index < -0.39 is 11.9 Å². The number of hydrogen-bond donors (Lipinski definition) is 3. The van der Waals surface area contributed by atoms with Crippen LogP contribution in [0.3, 0.4) is 0 Å². The largest absolute Gasteiger partial charge is 0.478 e. The number of aliphatic carboxylic acids is 2. The van der Waals surface area contributed by atoms with E-state index in [1.807, 2.05) is 0 Å². The highest BCUT2D eigenvalue weighted by Crippen LogP contribution is 2.39. The summed E-state index contributed by atoms with van der Waals surface area (Å²) in [5.41, 5.74) is 8.89. The summed E-state index contributed by atoms with van der Waals surface area (Å²) < 4.78 is 0. The van der Waals surface area contributed by atoms with Gasteiger partial charge in [0.25, 0.3) is 0 Å². The molecule has 0 saturated carbocycles. The van der Waals surface area contributed by atoms with Gasteiger partial charge in [0.05, 0.1) is 0 Å². The van der Waals surface area contributed by atoms with Gasteiger partial charge in [0.15, 0.2) is 0 Å². The molecule has 0 bridgehead atoms. The first kappa shape index (κ1) is 19.6. The van der Waals surface area contributed by atoms with Gasteiger partial charge in [-0.25, -0.2) is 9.59 Å². The lowest BCUT2D eigenvalue weighted by molar-refractivity contribution is -0.134. The Morgan fingerprint density at radius 1 is 0.893 bits per heavy atom. The van der Waals surface area contributed by atoms with Gasteiger partial charge in [0.1, 0.15) is 0 Å². The minimum absolute atomic E-state index is 0.558. The topological polar surface area (TPSA) is 86.6 Å². The molecule has 3 N–H and O–H groups in total. The van der Waals surface area contributed by atoms with Crippen molar-refractivity contribution in [2.75, 3.05) is 6.54 Å². The second kappa shape index (κ2) is 8.67. The molecule has 2 aromatic rings. The van der Waals surface area contributed by atoms with Crippen molar-refractivity contribution in [2.45, 2.75) is 25.8 Å². The normalized spacial score (nSPS) is 17.5. The fourth-order valence-electron chi connectivity index (χ4n) is 3.70. The Kier molecular flexibility index (Phi) is 6.06. The van der Waals surface area contributed by atoms with Crippen molar-refractivity contribution < 1.29 is 19.8 Å². The molecule has 2 aromatic carbocycles. The lowest BCUT2D eigenvalue weighted by Gasteiger charge is -2.27. The number of carboxylic acid groups (broad SMARTS) is 2. The fraction of sp³-hybridized carbons (Fsp3) is 0.217. The third kappa shape index (κ3) is 4.56. The molecule has 4 rings (SSSR count). The first-order valence-electron chi connectivity index (χ1n) is 9.21. The minimum atomic E-state index is -1.26. The number of fused-ring (bicyclic) bond motifs is 4. The molecule has 1 aliphatic heterocycles. The Hall–Kier alpha value is -3.18. The van der Waals surface area contributed by atoms with E-state index in [9.17, 15) is 9.59 Å². The van der Waals surface area contributed by atoms with Gasteiger partial charge in [-0.2, -0.15) is 0 Å². The summed E-state index contributed by atoms with van der Waals surface area (Å²) in [6.45, 7) is 3.27. The summed E-state index contributed by atoms with van der Waals surface area (Å²) in [5.74, 6) is -2.51. The molecule has 0 saturated heterocycles. The summed E-state index contributed by atoms with van der Waals surface area (Å²) in [7, 11) is 0. The van der Waals surface area contributed by atoms with Crippen LogP contribution >= 0.6 is 0 Å². The zero-order valence-electron chi connectivity index (χ0n) is 15.7.